The van der Waals surface area contributed by atoms with Crippen LogP contribution in [0.25, 0.3) is 0 Å². The molecule has 0 bridgehead atoms. The van der Waals surface area contributed by atoms with Crippen LogP contribution in [0.15, 0.2) is 30.3 Å². The first-order valence-electron chi connectivity index (χ1n) is 9.92. The fraction of sp³-hybridized carbons (Fsp3) is 0.435. The molecule has 1 amide bonds. The first-order valence-corrected chi connectivity index (χ1v) is 10.7. The Bertz CT molecular complexity index is 869. The zero-order valence-corrected chi connectivity index (χ0v) is 18.9. The molecule has 2 aromatic carbocycles. The van der Waals surface area contributed by atoms with Crippen LogP contribution in [-0.4, -0.2) is 29.9 Å². The second-order valence-corrected chi connectivity index (χ2v) is 8.96. The van der Waals surface area contributed by atoms with E-state index in [4.69, 9.17) is 27.9 Å². The van der Waals surface area contributed by atoms with Gasteiger partial charge in [-0.3, -0.25) is 9.69 Å². The van der Waals surface area contributed by atoms with E-state index in [-0.39, 0.29) is 17.9 Å². The Labute approximate surface area is 183 Å². The van der Waals surface area contributed by atoms with Gasteiger partial charge in [0.05, 0.1) is 16.0 Å². The Morgan fingerprint density at radius 2 is 1.76 bits per heavy atom. The predicted octanol–water partition coefficient (Wildman–Crippen LogP) is 5.15. The topological polar surface area (TPSA) is 41.6 Å². The summed E-state index contributed by atoms with van der Waals surface area (Å²) in [6.07, 6.45) is 0. The molecule has 0 radical (unpaired) electrons. The van der Waals surface area contributed by atoms with E-state index >= 15 is 0 Å². The Morgan fingerprint density at radius 1 is 1.10 bits per heavy atom. The van der Waals surface area contributed by atoms with Gasteiger partial charge in [0.15, 0.2) is 0 Å². The average Bonchev–Trinajstić information content (AvgIpc) is 2.59. The number of aryl methyl sites for hydroxylation is 2. The summed E-state index contributed by atoms with van der Waals surface area (Å²) in [6.45, 7) is 11.0. The van der Waals surface area contributed by atoms with Gasteiger partial charge in [0, 0.05) is 25.7 Å². The zero-order chi connectivity index (χ0) is 21.1. The van der Waals surface area contributed by atoms with Crippen LogP contribution < -0.4 is 10.1 Å². The number of hydrogen-bond acceptors (Lipinski definition) is 3. The lowest BCUT2D eigenvalue weighted by Crippen LogP contribution is -2.53. The van der Waals surface area contributed by atoms with E-state index in [0.29, 0.717) is 16.7 Å². The molecule has 1 saturated heterocycles. The number of carbonyl (C=O) groups excluding carboxylic acids is 1. The second-order valence-electron chi connectivity index (χ2n) is 8.15. The van der Waals surface area contributed by atoms with Crippen LogP contribution in [0.3, 0.4) is 0 Å². The van der Waals surface area contributed by atoms with Crippen molar-refractivity contribution in [3.63, 3.8) is 0 Å². The van der Waals surface area contributed by atoms with Crippen molar-refractivity contribution in [3.05, 3.63) is 62.6 Å². The molecule has 0 saturated carbocycles. The van der Waals surface area contributed by atoms with Crippen molar-refractivity contribution in [1.82, 2.24) is 10.2 Å². The van der Waals surface area contributed by atoms with E-state index in [2.05, 4.69) is 36.2 Å². The largest absolute Gasteiger partial charge is 0.488 e. The third-order valence-corrected chi connectivity index (χ3v) is 5.79. The van der Waals surface area contributed by atoms with Gasteiger partial charge in [-0.25, -0.2) is 0 Å². The summed E-state index contributed by atoms with van der Waals surface area (Å²) in [5, 5.41) is 4.07. The summed E-state index contributed by atoms with van der Waals surface area (Å²) >= 11 is 12.1. The number of halogens is 2. The lowest BCUT2D eigenvalue weighted by molar-refractivity contribution is -0.131. The van der Waals surface area contributed by atoms with E-state index in [1.807, 2.05) is 26.0 Å². The monoisotopic (exact) mass is 434 g/mol. The molecule has 1 aliphatic rings. The van der Waals surface area contributed by atoms with E-state index in [1.54, 1.807) is 6.07 Å². The maximum Gasteiger partial charge on any atom is 0.225 e. The number of likely N-dealkylation sites (tertiary alicyclic amines) is 1. The number of rotatable bonds is 7. The maximum absolute atomic E-state index is 12.0. The number of hydrogen-bond donors (Lipinski definition) is 1. The molecule has 1 fully saturated rings. The molecule has 3 rings (SSSR count). The minimum Gasteiger partial charge on any atom is -0.488 e. The van der Waals surface area contributed by atoms with Gasteiger partial charge in [0.25, 0.3) is 0 Å². The van der Waals surface area contributed by atoms with Crippen LogP contribution in [0.2, 0.25) is 10.0 Å². The van der Waals surface area contributed by atoms with Crippen LogP contribution in [0.5, 0.6) is 5.75 Å². The average molecular weight is 435 g/mol. The second kappa shape index (κ2) is 9.38. The highest BCUT2D eigenvalue weighted by Gasteiger charge is 2.32. The molecule has 1 heterocycles. The van der Waals surface area contributed by atoms with Crippen molar-refractivity contribution in [1.29, 1.82) is 0 Å². The van der Waals surface area contributed by atoms with Crippen molar-refractivity contribution < 1.29 is 9.53 Å². The van der Waals surface area contributed by atoms with E-state index in [1.165, 1.54) is 5.56 Å². The van der Waals surface area contributed by atoms with Gasteiger partial charge in [0.2, 0.25) is 5.91 Å². The summed E-state index contributed by atoms with van der Waals surface area (Å²) in [5.74, 6) is 1.17. The van der Waals surface area contributed by atoms with Crippen molar-refractivity contribution in [3.8, 4) is 5.75 Å². The van der Waals surface area contributed by atoms with Gasteiger partial charge in [-0.15, -0.1) is 0 Å². The van der Waals surface area contributed by atoms with E-state index in [0.717, 1.165) is 42.1 Å². The number of ether oxygens (including phenoxy) is 1. The molecule has 0 unspecified atom stereocenters. The lowest BCUT2D eigenvalue weighted by Gasteiger charge is -2.38. The van der Waals surface area contributed by atoms with Crippen LogP contribution in [0.4, 0.5) is 0 Å². The van der Waals surface area contributed by atoms with Crippen molar-refractivity contribution in [2.45, 2.75) is 46.9 Å². The normalized spacial score (nSPS) is 14.7. The standard InChI is InChI=1S/C23H28Cl2N2O2/c1-14(2)26-23(28)19-11-27(12-19)10-18-7-15(3)22(16(4)8-18)29-13-17-5-6-20(24)21(25)9-17/h5-9,14,19H,10-13H2,1-4H3,(H,26,28). The quantitative estimate of drug-likeness (QED) is 0.655. The number of amides is 1. The third kappa shape index (κ3) is 5.65. The molecule has 4 nitrogen and oxygen atoms in total. The Kier molecular flexibility index (Phi) is 7.10. The SMILES string of the molecule is Cc1cc(CN2CC(C(=O)NC(C)C)C2)cc(C)c1OCc1ccc(Cl)c(Cl)c1. The van der Waals surface area contributed by atoms with Gasteiger partial charge in [-0.05, 0) is 62.1 Å². The summed E-state index contributed by atoms with van der Waals surface area (Å²) in [7, 11) is 0. The van der Waals surface area contributed by atoms with Gasteiger partial charge in [-0.2, -0.15) is 0 Å². The highest BCUT2D eigenvalue weighted by Crippen LogP contribution is 2.29. The fourth-order valence-electron chi connectivity index (χ4n) is 3.67. The number of carbonyl (C=O) groups is 1. The predicted molar refractivity (Wildman–Crippen MR) is 119 cm³/mol. The van der Waals surface area contributed by atoms with Crippen LogP contribution in [0, 0.1) is 19.8 Å². The van der Waals surface area contributed by atoms with Crippen LogP contribution in [-0.2, 0) is 17.9 Å². The highest BCUT2D eigenvalue weighted by molar-refractivity contribution is 6.42. The Balaban J connectivity index is 1.57. The fourth-order valence-corrected chi connectivity index (χ4v) is 3.99. The third-order valence-electron chi connectivity index (χ3n) is 5.05. The molecule has 0 spiro atoms. The first kappa shape index (κ1) is 21.9. The van der Waals surface area contributed by atoms with Gasteiger partial charge >= 0.3 is 0 Å². The number of benzene rings is 2. The summed E-state index contributed by atoms with van der Waals surface area (Å²) in [6, 6.07) is 10.1. The zero-order valence-electron chi connectivity index (χ0n) is 17.4. The van der Waals surface area contributed by atoms with Crippen LogP contribution in [0.1, 0.15) is 36.1 Å². The first-order chi connectivity index (χ1) is 13.7. The molecule has 0 aliphatic carbocycles. The molecule has 0 atom stereocenters. The van der Waals surface area contributed by atoms with Crippen molar-refractivity contribution >= 4 is 29.1 Å². The minimum atomic E-state index is 0.105. The van der Waals surface area contributed by atoms with E-state index in [9.17, 15) is 4.79 Å². The molecular formula is C23H28Cl2N2O2. The smallest absolute Gasteiger partial charge is 0.225 e. The Morgan fingerprint density at radius 3 is 2.34 bits per heavy atom. The highest BCUT2D eigenvalue weighted by atomic mass is 35.5. The van der Waals surface area contributed by atoms with Crippen molar-refractivity contribution in [2.75, 3.05) is 13.1 Å². The summed E-state index contributed by atoms with van der Waals surface area (Å²) in [4.78, 5) is 14.3. The number of nitrogens with zero attached hydrogens (tertiary/aromatic N) is 1. The summed E-state index contributed by atoms with van der Waals surface area (Å²) < 4.78 is 6.07. The molecule has 0 aromatic heterocycles. The van der Waals surface area contributed by atoms with Gasteiger partial charge in [0.1, 0.15) is 12.4 Å². The van der Waals surface area contributed by atoms with Gasteiger partial charge < -0.3 is 10.1 Å². The lowest BCUT2D eigenvalue weighted by atomic mass is 9.97. The van der Waals surface area contributed by atoms with Gasteiger partial charge in [-0.1, -0.05) is 41.4 Å². The molecule has 2 aromatic rings. The molecule has 29 heavy (non-hydrogen) atoms. The molecule has 1 N–H and O–H groups in total. The van der Waals surface area contributed by atoms with Crippen molar-refractivity contribution in [2.24, 2.45) is 5.92 Å². The Hall–Kier alpha value is -1.75. The maximum atomic E-state index is 12.0. The summed E-state index contributed by atoms with van der Waals surface area (Å²) in [5.41, 5.74) is 4.43. The molecule has 1 aliphatic heterocycles. The minimum absolute atomic E-state index is 0.105. The molecule has 6 heteroatoms. The number of nitrogens with one attached hydrogen (secondary N) is 1. The molecular weight excluding hydrogens is 407 g/mol. The van der Waals surface area contributed by atoms with E-state index < -0.39 is 0 Å². The molecule has 156 valence electrons. The van der Waals surface area contributed by atoms with Crippen LogP contribution >= 0.6 is 23.2 Å².